The predicted molar refractivity (Wildman–Crippen MR) is 104 cm³/mol. The van der Waals surface area contributed by atoms with Crippen LogP contribution in [0.2, 0.25) is 0 Å². The topological polar surface area (TPSA) is 59.6 Å². The van der Waals surface area contributed by atoms with E-state index in [0.29, 0.717) is 23.6 Å². The monoisotopic (exact) mass is 416 g/mol. The highest BCUT2D eigenvalue weighted by molar-refractivity contribution is 6.68. The summed E-state index contributed by atoms with van der Waals surface area (Å²) in [5.41, 5.74) is 1.34. The summed E-state index contributed by atoms with van der Waals surface area (Å²) in [4.78, 5) is 12.6. The molecule has 0 aromatic heterocycles. The summed E-state index contributed by atoms with van der Waals surface area (Å²) in [6.07, 6.45) is -0.895. The van der Waals surface area contributed by atoms with Crippen LogP contribution >= 0.6 is 34.8 Å². The summed E-state index contributed by atoms with van der Waals surface area (Å²) in [7, 11) is 3.01. The van der Waals surface area contributed by atoms with Gasteiger partial charge in [-0.2, -0.15) is 0 Å². The number of carbonyl (C=O) groups is 1. The molecule has 1 unspecified atom stereocenters. The summed E-state index contributed by atoms with van der Waals surface area (Å²) in [6.45, 7) is 0.422. The van der Waals surface area contributed by atoms with E-state index in [9.17, 15) is 4.79 Å². The van der Waals surface area contributed by atoms with E-state index >= 15 is 0 Å². The van der Waals surface area contributed by atoms with Crippen LogP contribution in [0, 0.1) is 0 Å². The third-order valence-corrected chi connectivity index (χ3v) is 4.26. The van der Waals surface area contributed by atoms with Crippen LogP contribution in [-0.4, -0.2) is 30.1 Å². The van der Waals surface area contributed by atoms with Crippen LogP contribution < -0.4 is 20.1 Å². The molecule has 0 aliphatic heterocycles. The second kappa shape index (κ2) is 9.33. The molecule has 5 nitrogen and oxygen atoms in total. The second-order valence-corrected chi connectivity index (χ2v) is 7.75. The highest BCUT2D eigenvalue weighted by Crippen LogP contribution is 2.30. The molecule has 140 valence electrons. The van der Waals surface area contributed by atoms with Crippen molar-refractivity contribution in [2.45, 2.75) is 16.5 Å². The van der Waals surface area contributed by atoms with E-state index in [-0.39, 0.29) is 0 Å². The number of rotatable bonds is 7. The van der Waals surface area contributed by atoms with Crippen LogP contribution in [0.3, 0.4) is 0 Å². The molecular weight excluding hydrogens is 399 g/mol. The lowest BCUT2D eigenvalue weighted by Crippen LogP contribution is -2.53. The molecule has 1 amide bonds. The summed E-state index contributed by atoms with van der Waals surface area (Å²) >= 11 is 18.0. The Morgan fingerprint density at radius 3 is 2.27 bits per heavy atom. The van der Waals surface area contributed by atoms with Gasteiger partial charge in [-0.1, -0.05) is 65.1 Å². The first-order valence-corrected chi connectivity index (χ1v) is 8.85. The Balaban J connectivity index is 2.11. The zero-order chi connectivity index (χ0) is 19.2. The number of halogens is 3. The fourth-order valence-corrected chi connectivity index (χ4v) is 2.65. The van der Waals surface area contributed by atoms with Crippen LogP contribution in [0.5, 0.6) is 11.5 Å². The summed E-state index contributed by atoms with van der Waals surface area (Å²) < 4.78 is 8.63. The van der Waals surface area contributed by atoms with Gasteiger partial charge in [-0.15, -0.1) is 0 Å². The van der Waals surface area contributed by atoms with Gasteiger partial charge in [-0.25, -0.2) is 0 Å². The summed E-state index contributed by atoms with van der Waals surface area (Å²) in [5.74, 6) is 0.537. The van der Waals surface area contributed by atoms with Crippen molar-refractivity contribution < 1.29 is 14.3 Å². The minimum absolute atomic E-state index is 0.350. The number of ether oxygens (including phenoxy) is 2. The molecule has 0 fully saturated rings. The van der Waals surface area contributed by atoms with Gasteiger partial charge in [0, 0.05) is 12.1 Å². The number of hydrogen-bond donors (Lipinski definition) is 2. The van der Waals surface area contributed by atoms with Gasteiger partial charge in [-0.3, -0.25) is 10.1 Å². The maximum atomic E-state index is 12.6. The molecule has 0 heterocycles. The van der Waals surface area contributed by atoms with Gasteiger partial charge in [0.05, 0.1) is 14.2 Å². The van der Waals surface area contributed by atoms with Crippen molar-refractivity contribution >= 4 is 40.7 Å². The normalized spacial score (nSPS) is 12.3. The van der Waals surface area contributed by atoms with Gasteiger partial charge in [0.1, 0.15) is 6.17 Å². The minimum Gasteiger partial charge on any atom is -0.493 e. The minimum atomic E-state index is -1.74. The molecule has 26 heavy (non-hydrogen) atoms. The number of nitrogens with one attached hydrogen (secondary N) is 2. The zero-order valence-corrected chi connectivity index (χ0v) is 16.5. The Bertz CT molecular complexity index is 736. The lowest BCUT2D eigenvalue weighted by Gasteiger charge is -2.27. The Labute approximate surface area is 167 Å². The quantitative estimate of drug-likeness (QED) is 0.529. The molecule has 1 atom stereocenters. The van der Waals surface area contributed by atoms with Crippen molar-refractivity contribution in [3.8, 4) is 11.5 Å². The molecular formula is C18H19Cl3N2O3. The van der Waals surface area contributed by atoms with Crippen molar-refractivity contribution in [1.82, 2.24) is 10.6 Å². The third-order valence-electron chi connectivity index (χ3n) is 3.60. The molecule has 2 N–H and O–H groups in total. The van der Waals surface area contributed by atoms with Gasteiger partial charge in [0.25, 0.3) is 5.91 Å². The number of hydrogen-bond acceptors (Lipinski definition) is 4. The van der Waals surface area contributed by atoms with E-state index in [1.54, 1.807) is 18.2 Å². The number of alkyl halides is 3. The van der Waals surface area contributed by atoms with Crippen LogP contribution in [0.15, 0.2) is 48.5 Å². The first-order chi connectivity index (χ1) is 12.3. The van der Waals surface area contributed by atoms with Gasteiger partial charge in [0.15, 0.2) is 11.5 Å². The average molecular weight is 418 g/mol. The lowest BCUT2D eigenvalue weighted by molar-refractivity contribution is 0.0929. The first kappa shape index (κ1) is 20.6. The van der Waals surface area contributed by atoms with Crippen LogP contribution in [-0.2, 0) is 6.54 Å². The zero-order valence-electron chi connectivity index (χ0n) is 14.3. The van der Waals surface area contributed by atoms with E-state index in [4.69, 9.17) is 44.3 Å². The highest BCUT2D eigenvalue weighted by Gasteiger charge is 2.34. The Kier molecular flexibility index (Phi) is 7.41. The Morgan fingerprint density at radius 1 is 1.04 bits per heavy atom. The van der Waals surface area contributed by atoms with Gasteiger partial charge < -0.3 is 14.8 Å². The van der Waals surface area contributed by atoms with Gasteiger partial charge in [-0.05, 0) is 23.8 Å². The summed E-state index contributed by atoms with van der Waals surface area (Å²) in [5, 5.41) is 5.73. The third kappa shape index (κ3) is 5.68. The standard InChI is InChI=1S/C18H19Cl3N2O3/c1-25-14-9-8-13(10-15(14)26-2)16(24)23-17(18(19,20)21)22-11-12-6-4-3-5-7-12/h3-10,17,22H,11H2,1-2H3,(H,23,24). The molecule has 0 radical (unpaired) electrons. The van der Waals surface area contributed by atoms with Crippen molar-refractivity contribution in [3.63, 3.8) is 0 Å². The smallest absolute Gasteiger partial charge is 0.252 e. The molecule has 2 rings (SSSR count). The first-order valence-electron chi connectivity index (χ1n) is 7.72. The molecule has 0 aliphatic rings. The highest BCUT2D eigenvalue weighted by atomic mass is 35.6. The van der Waals surface area contributed by atoms with E-state index < -0.39 is 15.9 Å². The van der Waals surface area contributed by atoms with E-state index in [1.165, 1.54) is 14.2 Å². The SMILES string of the molecule is COc1ccc(C(=O)NC(NCc2ccccc2)C(Cl)(Cl)Cl)cc1OC. The molecule has 0 saturated carbocycles. The van der Waals surface area contributed by atoms with Crippen LogP contribution in [0.1, 0.15) is 15.9 Å². The molecule has 0 bridgehead atoms. The van der Waals surface area contributed by atoms with E-state index in [2.05, 4.69) is 10.6 Å². The van der Waals surface area contributed by atoms with Gasteiger partial charge >= 0.3 is 0 Å². The fraction of sp³-hybridized carbons (Fsp3) is 0.278. The molecule has 2 aromatic rings. The molecule has 8 heteroatoms. The van der Waals surface area contributed by atoms with Crippen molar-refractivity contribution in [1.29, 1.82) is 0 Å². The van der Waals surface area contributed by atoms with Crippen molar-refractivity contribution in [3.05, 3.63) is 59.7 Å². The van der Waals surface area contributed by atoms with Crippen molar-refractivity contribution in [2.75, 3.05) is 14.2 Å². The predicted octanol–water partition coefficient (Wildman–Crippen LogP) is 3.92. The number of benzene rings is 2. The van der Waals surface area contributed by atoms with E-state index in [1.807, 2.05) is 30.3 Å². The number of carbonyl (C=O) groups excluding carboxylic acids is 1. The van der Waals surface area contributed by atoms with Gasteiger partial charge in [0.2, 0.25) is 3.79 Å². The largest absolute Gasteiger partial charge is 0.493 e. The lowest BCUT2D eigenvalue weighted by atomic mass is 10.2. The second-order valence-electron chi connectivity index (χ2n) is 5.38. The van der Waals surface area contributed by atoms with Crippen LogP contribution in [0.25, 0.3) is 0 Å². The fourth-order valence-electron chi connectivity index (χ4n) is 2.26. The molecule has 2 aromatic carbocycles. The Hall–Kier alpha value is -1.66. The van der Waals surface area contributed by atoms with E-state index in [0.717, 1.165) is 5.56 Å². The molecule has 0 spiro atoms. The number of methoxy groups -OCH3 is 2. The summed E-state index contributed by atoms with van der Waals surface area (Å²) in [6, 6.07) is 14.4. The molecule has 0 aliphatic carbocycles. The number of amides is 1. The average Bonchev–Trinajstić information content (AvgIpc) is 2.64. The maximum absolute atomic E-state index is 12.6. The maximum Gasteiger partial charge on any atom is 0.252 e. The Morgan fingerprint density at radius 2 is 1.69 bits per heavy atom. The molecule has 0 saturated heterocycles. The van der Waals surface area contributed by atoms with Crippen molar-refractivity contribution in [2.24, 2.45) is 0 Å². The van der Waals surface area contributed by atoms with Crippen LogP contribution in [0.4, 0.5) is 0 Å².